The van der Waals surface area contributed by atoms with E-state index >= 15 is 0 Å². The number of likely N-dealkylation sites (N-methyl/N-ethyl adjacent to an activating group) is 1. The Bertz CT molecular complexity index is 538. The molecule has 1 unspecified atom stereocenters. The smallest absolute Gasteiger partial charge is 0.338 e. The molecule has 26 heavy (non-hydrogen) atoms. The van der Waals surface area contributed by atoms with E-state index in [0.29, 0.717) is 12.2 Å². The van der Waals surface area contributed by atoms with Crippen LogP contribution in [0.1, 0.15) is 47.5 Å². The molecule has 0 aromatic rings. The van der Waals surface area contributed by atoms with Gasteiger partial charge in [-0.15, -0.1) is 11.8 Å². The van der Waals surface area contributed by atoms with Gasteiger partial charge in [0.15, 0.2) is 0 Å². The highest BCUT2D eigenvalue weighted by molar-refractivity contribution is 8.03. The van der Waals surface area contributed by atoms with Gasteiger partial charge in [-0.2, -0.15) is 0 Å². The summed E-state index contributed by atoms with van der Waals surface area (Å²) < 4.78 is 5.23. The topological polar surface area (TPSA) is 53.0 Å². The van der Waals surface area contributed by atoms with Crippen molar-refractivity contribution in [1.82, 2.24) is 9.80 Å². The van der Waals surface area contributed by atoms with E-state index in [-0.39, 0.29) is 11.6 Å². The fraction of sp³-hybridized carbons (Fsp3) is 0.750. The van der Waals surface area contributed by atoms with Gasteiger partial charge in [0.1, 0.15) is 6.17 Å². The van der Waals surface area contributed by atoms with E-state index in [0.717, 1.165) is 42.3 Å². The molecular weight excluding hydrogens is 348 g/mol. The van der Waals surface area contributed by atoms with E-state index in [9.17, 15) is 9.90 Å². The van der Waals surface area contributed by atoms with Gasteiger partial charge >= 0.3 is 5.97 Å². The maximum absolute atomic E-state index is 11.9. The first-order valence-electron chi connectivity index (χ1n) is 9.37. The van der Waals surface area contributed by atoms with Gasteiger partial charge in [0.2, 0.25) is 0 Å². The van der Waals surface area contributed by atoms with Crippen LogP contribution in [0.25, 0.3) is 0 Å². The van der Waals surface area contributed by atoms with Crippen LogP contribution in [0.2, 0.25) is 0 Å². The first-order chi connectivity index (χ1) is 12.1. The molecule has 1 aliphatic heterocycles. The van der Waals surface area contributed by atoms with E-state index in [1.165, 1.54) is 0 Å². The van der Waals surface area contributed by atoms with Crippen molar-refractivity contribution in [3.05, 3.63) is 22.3 Å². The van der Waals surface area contributed by atoms with Crippen LogP contribution in [-0.2, 0) is 9.53 Å². The van der Waals surface area contributed by atoms with Crippen molar-refractivity contribution in [3.63, 3.8) is 0 Å². The Morgan fingerprint density at radius 1 is 1.42 bits per heavy atom. The number of rotatable bonds is 10. The highest BCUT2D eigenvalue weighted by Crippen LogP contribution is 2.36. The molecule has 0 fully saturated rings. The van der Waals surface area contributed by atoms with Crippen molar-refractivity contribution >= 4 is 17.7 Å². The highest BCUT2D eigenvalue weighted by atomic mass is 32.2. The molecule has 1 heterocycles. The Balaban J connectivity index is 3.16. The summed E-state index contributed by atoms with van der Waals surface area (Å²) in [5.41, 5.74) is 1.56. The number of carbonyl (C=O) groups is 1. The Morgan fingerprint density at radius 2 is 2.08 bits per heavy atom. The number of aliphatic carboxylic acids is 1. The van der Waals surface area contributed by atoms with Crippen LogP contribution >= 0.6 is 11.8 Å². The van der Waals surface area contributed by atoms with Crippen LogP contribution in [0.15, 0.2) is 22.3 Å². The molecule has 1 N–H and O–H groups in total. The summed E-state index contributed by atoms with van der Waals surface area (Å²) in [4.78, 5) is 16.4. The lowest BCUT2D eigenvalue weighted by atomic mass is 9.90. The van der Waals surface area contributed by atoms with Gasteiger partial charge in [-0.1, -0.05) is 27.7 Å². The monoisotopic (exact) mass is 384 g/mol. The minimum absolute atomic E-state index is 0.0577. The minimum Gasteiger partial charge on any atom is -0.478 e. The average molecular weight is 385 g/mol. The van der Waals surface area contributed by atoms with Crippen LogP contribution in [0.4, 0.5) is 0 Å². The second-order valence-corrected chi connectivity index (χ2v) is 9.27. The van der Waals surface area contributed by atoms with Crippen molar-refractivity contribution < 1.29 is 14.6 Å². The number of carboxylic acids is 1. The first-order valence-corrected chi connectivity index (χ1v) is 10.4. The number of carboxylic acid groups (broad SMARTS) is 1. The van der Waals surface area contributed by atoms with Gasteiger partial charge in [-0.25, -0.2) is 4.79 Å². The third-order valence-corrected chi connectivity index (χ3v) is 5.51. The van der Waals surface area contributed by atoms with Crippen molar-refractivity contribution in [2.24, 2.45) is 5.41 Å². The molecule has 150 valence electrons. The first kappa shape index (κ1) is 23.1. The number of ether oxygens (including phenoxy) is 1. The van der Waals surface area contributed by atoms with Gasteiger partial charge in [-0.3, -0.25) is 4.90 Å². The van der Waals surface area contributed by atoms with E-state index in [2.05, 4.69) is 50.6 Å². The standard InChI is InChI=1S/C20H36N2O3S/c1-8-26-18-17(19(23)24)15(2)14-16(21(6)12-13-25-7)22(18)11-9-10-20(3,4)5/h14,16H,8-13H2,1-7H3,(H,23,24). The Labute approximate surface area is 163 Å². The molecule has 0 spiro atoms. The normalized spacial score (nSPS) is 18.5. The third-order valence-electron chi connectivity index (χ3n) is 4.51. The molecular formula is C20H36N2O3S. The zero-order valence-corrected chi connectivity index (χ0v) is 18.3. The van der Waals surface area contributed by atoms with Crippen molar-refractivity contribution in [1.29, 1.82) is 0 Å². The molecule has 1 atom stereocenters. The summed E-state index contributed by atoms with van der Waals surface area (Å²) in [7, 11) is 3.78. The van der Waals surface area contributed by atoms with Gasteiger partial charge in [0.05, 0.1) is 17.2 Å². The zero-order chi connectivity index (χ0) is 19.9. The molecule has 0 saturated heterocycles. The Hall–Kier alpha value is -0.980. The largest absolute Gasteiger partial charge is 0.478 e. The molecule has 0 aromatic heterocycles. The number of thioether (sulfide) groups is 1. The summed E-state index contributed by atoms with van der Waals surface area (Å²) in [6.45, 7) is 13.0. The molecule has 5 nitrogen and oxygen atoms in total. The lowest BCUT2D eigenvalue weighted by molar-refractivity contribution is -0.132. The van der Waals surface area contributed by atoms with Crippen molar-refractivity contribution in [3.8, 4) is 0 Å². The van der Waals surface area contributed by atoms with Gasteiger partial charge in [0.25, 0.3) is 0 Å². The summed E-state index contributed by atoms with van der Waals surface area (Å²) in [6.07, 6.45) is 4.27. The SMILES string of the molecule is CCSC1=C(C(=O)O)C(C)=CC(N(C)CCOC)N1CCCC(C)(C)C. The molecule has 0 saturated carbocycles. The summed E-state index contributed by atoms with van der Waals surface area (Å²) in [6, 6.07) is 0. The number of hydrogen-bond donors (Lipinski definition) is 1. The van der Waals surface area contributed by atoms with Crippen LogP contribution in [0, 0.1) is 5.41 Å². The predicted octanol–water partition coefficient (Wildman–Crippen LogP) is 4.03. The molecule has 0 bridgehead atoms. The van der Waals surface area contributed by atoms with E-state index in [1.807, 2.05) is 6.92 Å². The van der Waals surface area contributed by atoms with E-state index < -0.39 is 5.97 Å². The van der Waals surface area contributed by atoms with Gasteiger partial charge in [-0.05, 0) is 49.6 Å². The second-order valence-electron chi connectivity index (χ2n) is 8.01. The minimum atomic E-state index is -0.839. The second kappa shape index (κ2) is 10.4. The third kappa shape index (κ3) is 6.63. The Morgan fingerprint density at radius 3 is 2.58 bits per heavy atom. The Kier molecular flexibility index (Phi) is 9.21. The zero-order valence-electron chi connectivity index (χ0n) is 17.5. The van der Waals surface area contributed by atoms with Crippen LogP contribution in [0.3, 0.4) is 0 Å². The lowest BCUT2D eigenvalue weighted by Gasteiger charge is -2.42. The van der Waals surface area contributed by atoms with Gasteiger partial charge < -0.3 is 14.7 Å². The maximum atomic E-state index is 11.9. The average Bonchev–Trinajstić information content (AvgIpc) is 2.52. The number of nitrogens with zero attached hydrogens (tertiary/aromatic N) is 2. The van der Waals surface area contributed by atoms with Gasteiger partial charge in [0, 0.05) is 20.2 Å². The van der Waals surface area contributed by atoms with E-state index in [4.69, 9.17) is 4.74 Å². The van der Waals surface area contributed by atoms with Crippen LogP contribution in [0.5, 0.6) is 0 Å². The summed E-state index contributed by atoms with van der Waals surface area (Å²) in [5.74, 6) is 0.0115. The van der Waals surface area contributed by atoms with Crippen molar-refractivity contribution in [2.45, 2.75) is 53.6 Å². The predicted molar refractivity (Wildman–Crippen MR) is 110 cm³/mol. The molecule has 0 radical (unpaired) electrons. The lowest BCUT2D eigenvalue weighted by Crippen LogP contribution is -2.48. The van der Waals surface area contributed by atoms with E-state index in [1.54, 1.807) is 18.9 Å². The molecule has 0 amide bonds. The molecule has 0 aromatic carbocycles. The molecule has 1 rings (SSSR count). The van der Waals surface area contributed by atoms with Crippen molar-refractivity contribution in [2.75, 3.05) is 39.6 Å². The fourth-order valence-electron chi connectivity index (χ4n) is 3.13. The highest BCUT2D eigenvalue weighted by Gasteiger charge is 2.32. The molecule has 0 aliphatic carbocycles. The van der Waals surface area contributed by atoms with Crippen LogP contribution in [-0.4, -0.2) is 66.6 Å². The molecule has 6 heteroatoms. The van der Waals surface area contributed by atoms with Crippen LogP contribution < -0.4 is 0 Å². The number of methoxy groups -OCH3 is 1. The summed E-state index contributed by atoms with van der Waals surface area (Å²) >= 11 is 1.63. The molecule has 1 aliphatic rings. The number of hydrogen-bond acceptors (Lipinski definition) is 5. The fourth-order valence-corrected chi connectivity index (χ4v) is 4.16. The maximum Gasteiger partial charge on any atom is 0.338 e. The summed E-state index contributed by atoms with van der Waals surface area (Å²) in [5, 5.41) is 10.7. The quantitative estimate of drug-likeness (QED) is 0.614.